The molecule has 0 aliphatic rings. The molecule has 4 nitrogen and oxygen atoms in total. The predicted molar refractivity (Wildman–Crippen MR) is 86.0 cm³/mol. The minimum absolute atomic E-state index is 0.395. The SMILES string of the molecule is CCCNc1cnc(COc2ccc(Cl)c(CC)c2)cn1. The van der Waals surface area contributed by atoms with Crippen LogP contribution in [-0.2, 0) is 13.0 Å². The van der Waals surface area contributed by atoms with E-state index in [0.29, 0.717) is 6.61 Å². The Labute approximate surface area is 130 Å². The van der Waals surface area contributed by atoms with Gasteiger partial charge in [-0.25, -0.2) is 4.98 Å². The van der Waals surface area contributed by atoms with Gasteiger partial charge in [0, 0.05) is 11.6 Å². The molecule has 0 amide bonds. The van der Waals surface area contributed by atoms with Crippen LogP contribution in [0.15, 0.2) is 30.6 Å². The topological polar surface area (TPSA) is 47.0 Å². The van der Waals surface area contributed by atoms with E-state index in [1.807, 2.05) is 18.2 Å². The first-order chi connectivity index (χ1) is 10.2. The highest BCUT2D eigenvalue weighted by molar-refractivity contribution is 6.31. The number of ether oxygens (including phenoxy) is 1. The van der Waals surface area contributed by atoms with E-state index in [1.54, 1.807) is 12.4 Å². The number of aryl methyl sites for hydroxylation is 1. The zero-order valence-electron chi connectivity index (χ0n) is 12.4. The molecule has 0 aliphatic carbocycles. The Morgan fingerprint density at radius 1 is 1.19 bits per heavy atom. The van der Waals surface area contributed by atoms with Crippen LogP contribution in [0.1, 0.15) is 31.5 Å². The second-order valence-corrected chi connectivity index (χ2v) is 5.12. The van der Waals surface area contributed by atoms with Crippen LogP contribution in [0.25, 0.3) is 0 Å². The smallest absolute Gasteiger partial charge is 0.144 e. The van der Waals surface area contributed by atoms with E-state index in [0.717, 1.165) is 47.2 Å². The number of benzene rings is 1. The fourth-order valence-corrected chi connectivity index (χ4v) is 2.09. The average molecular weight is 306 g/mol. The van der Waals surface area contributed by atoms with Gasteiger partial charge in [-0.2, -0.15) is 0 Å². The number of nitrogens with one attached hydrogen (secondary N) is 1. The summed E-state index contributed by atoms with van der Waals surface area (Å²) in [6.45, 7) is 5.47. The summed E-state index contributed by atoms with van der Waals surface area (Å²) in [5.41, 5.74) is 1.88. The third-order valence-electron chi connectivity index (χ3n) is 3.05. The van der Waals surface area contributed by atoms with Crippen LogP contribution in [-0.4, -0.2) is 16.5 Å². The molecule has 0 bridgehead atoms. The van der Waals surface area contributed by atoms with Crippen molar-refractivity contribution in [3.8, 4) is 5.75 Å². The lowest BCUT2D eigenvalue weighted by Gasteiger charge is -2.09. The number of rotatable bonds is 7. The minimum atomic E-state index is 0.395. The summed E-state index contributed by atoms with van der Waals surface area (Å²) in [7, 11) is 0. The minimum Gasteiger partial charge on any atom is -0.487 e. The molecule has 2 rings (SSSR count). The van der Waals surface area contributed by atoms with Crippen molar-refractivity contribution in [3.63, 3.8) is 0 Å². The molecule has 21 heavy (non-hydrogen) atoms. The van der Waals surface area contributed by atoms with Crippen LogP contribution >= 0.6 is 11.6 Å². The highest BCUT2D eigenvalue weighted by atomic mass is 35.5. The van der Waals surface area contributed by atoms with Gasteiger partial charge in [-0.15, -0.1) is 0 Å². The molecule has 0 atom stereocenters. The molecule has 0 saturated heterocycles. The van der Waals surface area contributed by atoms with Crippen molar-refractivity contribution in [1.29, 1.82) is 0 Å². The zero-order chi connectivity index (χ0) is 15.1. The monoisotopic (exact) mass is 305 g/mol. The number of anilines is 1. The van der Waals surface area contributed by atoms with Crippen molar-refractivity contribution in [2.24, 2.45) is 0 Å². The zero-order valence-corrected chi connectivity index (χ0v) is 13.2. The van der Waals surface area contributed by atoms with Crippen molar-refractivity contribution in [2.45, 2.75) is 33.3 Å². The molecule has 0 saturated carbocycles. The maximum atomic E-state index is 6.09. The molecule has 112 valence electrons. The summed E-state index contributed by atoms with van der Waals surface area (Å²) in [5, 5.41) is 3.96. The molecular weight excluding hydrogens is 286 g/mol. The van der Waals surface area contributed by atoms with Crippen LogP contribution in [0.3, 0.4) is 0 Å². The standard InChI is InChI=1S/C16H20ClN3O/c1-3-7-18-16-10-19-13(9-20-16)11-21-14-5-6-15(17)12(4-2)8-14/h5-6,8-10H,3-4,7,11H2,1-2H3,(H,18,20). The van der Waals surface area contributed by atoms with E-state index in [2.05, 4.69) is 29.1 Å². The van der Waals surface area contributed by atoms with E-state index in [-0.39, 0.29) is 0 Å². The number of halogens is 1. The van der Waals surface area contributed by atoms with Crippen molar-refractivity contribution in [3.05, 3.63) is 46.9 Å². The summed E-state index contributed by atoms with van der Waals surface area (Å²) in [4.78, 5) is 8.63. The Kier molecular flexibility index (Phi) is 5.81. The van der Waals surface area contributed by atoms with Gasteiger partial charge in [-0.1, -0.05) is 25.4 Å². The largest absolute Gasteiger partial charge is 0.487 e. The number of nitrogens with zero attached hydrogens (tertiary/aromatic N) is 2. The first-order valence-corrected chi connectivity index (χ1v) is 7.56. The quantitative estimate of drug-likeness (QED) is 0.837. The Morgan fingerprint density at radius 2 is 2.05 bits per heavy atom. The highest BCUT2D eigenvalue weighted by Crippen LogP contribution is 2.23. The molecule has 1 N–H and O–H groups in total. The first-order valence-electron chi connectivity index (χ1n) is 7.19. The average Bonchev–Trinajstić information content (AvgIpc) is 2.53. The van der Waals surface area contributed by atoms with E-state index >= 15 is 0 Å². The fraction of sp³-hybridized carbons (Fsp3) is 0.375. The van der Waals surface area contributed by atoms with Gasteiger partial charge in [-0.05, 0) is 36.6 Å². The molecule has 0 fully saturated rings. The van der Waals surface area contributed by atoms with Crippen LogP contribution in [0.5, 0.6) is 5.75 Å². The molecule has 1 heterocycles. The fourth-order valence-electron chi connectivity index (χ4n) is 1.84. The van der Waals surface area contributed by atoms with Gasteiger partial charge in [0.1, 0.15) is 18.2 Å². The van der Waals surface area contributed by atoms with E-state index in [4.69, 9.17) is 16.3 Å². The maximum Gasteiger partial charge on any atom is 0.144 e. The van der Waals surface area contributed by atoms with Gasteiger partial charge >= 0.3 is 0 Å². The van der Waals surface area contributed by atoms with Crippen LogP contribution < -0.4 is 10.1 Å². The molecule has 0 unspecified atom stereocenters. The second kappa shape index (κ2) is 7.84. The third kappa shape index (κ3) is 4.60. The van der Waals surface area contributed by atoms with Crippen LogP contribution in [0.2, 0.25) is 5.02 Å². The van der Waals surface area contributed by atoms with E-state index in [9.17, 15) is 0 Å². The first kappa shape index (κ1) is 15.6. The second-order valence-electron chi connectivity index (χ2n) is 4.72. The molecule has 0 radical (unpaired) electrons. The molecular formula is C16H20ClN3O. The summed E-state index contributed by atoms with van der Waals surface area (Å²) in [6, 6.07) is 5.69. The van der Waals surface area contributed by atoms with E-state index < -0.39 is 0 Å². The lowest BCUT2D eigenvalue weighted by Crippen LogP contribution is -2.04. The summed E-state index contributed by atoms with van der Waals surface area (Å²) >= 11 is 6.09. The van der Waals surface area contributed by atoms with E-state index in [1.165, 1.54) is 0 Å². The number of hydrogen-bond donors (Lipinski definition) is 1. The van der Waals surface area contributed by atoms with Crippen molar-refractivity contribution in [2.75, 3.05) is 11.9 Å². The summed E-state index contributed by atoms with van der Waals surface area (Å²) < 4.78 is 5.73. The maximum absolute atomic E-state index is 6.09. The van der Waals surface area contributed by atoms with Crippen molar-refractivity contribution < 1.29 is 4.74 Å². The van der Waals surface area contributed by atoms with Gasteiger partial charge in [-0.3, -0.25) is 4.98 Å². The van der Waals surface area contributed by atoms with Crippen molar-refractivity contribution in [1.82, 2.24) is 9.97 Å². The van der Waals surface area contributed by atoms with Crippen molar-refractivity contribution >= 4 is 17.4 Å². The molecule has 0 aliphatic heterocycles. The Balaban J connectivity index is 1.93. The van der Waals surface area contributed by atoms with Gasteiger partial charge in [0.15, 0.2) is 0 Å². The lowest BCUT2D eigenvalue weighted by molar-refractivity contribution is 0.300. The Morgan fingerprint density at radius 3 is 2.71 bits per heavy atom. The van der Waals surface area contributed by atoms with Crippen LogP contribution in [0, 0.1) is 0 Å². The number of aromatic nitrogens is 2. The summed E-state index contributed by atoms with van der Waals surface area (Å²) in [5.74, 6) is 1.59. The molecule has 5 heteroatoms. The van der Waals surface area contributed by atoms with Gasteiger partial charge in [0.2, 0.25) is 0 Å². The predicted octanol–water partition coefficient (Wildman–Crippen LogP) is 4.09. The van der Waals surface area contributed by atoms with Gasteiger partial charge in [0.05, 0.1) is 18.1 Å². The Hall–Kier alpha value is -1.81. The summed E-state index contributed by atoms with van der Waals surface area (Å²) in [6.07, 6.45) is 5.40. The number of hydrogen-bond acceptors (Lipinski definition) is 4. The lowest BCUT2D eigenvalue weighted by atomic mass is 10.1. The highest BCUT2D eigenvalue weighted by Gasteiger charge is 2.03. The molecule has 0 spiro atoms. The molecule has 1 aromatic carbocycles. The molecule has 2 aromatic rings. The third-order valence-corrected chi connectivity index (χ3v) is 3.41. The van der Waals surface area contributed by atoms with Crippen LogP contribution in [0.4, 0.5) is 5.82 Å². The van der Waals surface area contributed by atoms with Gasteiger partial charge < -0.3 is 10.1 Å². The molecule has 1 aromatic heterocycles. The Bertz CT molecular complexity index is 572. The normalized spacial score (nSPS) is 10.4. The van der Waals surface area contributed by atoms with Gasteiger partial charge in [0.25, 0.3) is 0 Å².